The van der Waals surface area contributed by atoms with Gasteiger partial charge in [-0.25, -0.2) is 0 Å². The number of rotatable bonds is 4. The number of hydrogen-bond donors (Lipinski definition) is 0. The molecule has 1 spiro atoms. The summed E-state index contributed by atoms with van der Waals surface area (Å²) in [5, 5.41) is 0. The van der Waals surface area contributed by atoms with E-state index in [1.165, 1.54) is 0 Å². The first-order chi connectivity index (χ1) is 12.5. The van der Waals surface area contributed by atoms with E-state index in [9.17, 15) is 9.59 Å². The van der Waals surface area contributed by atoms with E-state index < -0.39 is 5.79 Å². The summed E-state index contributed by atoms with van der Waals surface area (Å²) in [5.41, 5.74) is 0.886. The molecule has 0 N–H and O–H groups in total. The van der Waals surface area contributed by atoms with Crippen molar-refractivity contribution in [3.05, 3.63) is 30.1 Å². The van der Waals surface area contributed by atoms with E-state index in [0.717, 1.165) is 5.56 Å². The van der Waals surface area contributed by atoms with Gasteiger partial charge in [-0.2, -0.15) is 0 Å². The molecule has 142 valence electrons. The zero-order valence-corrected chi connectivity index (χ0v) is 15.5. The quantitative estimate of drug-likeness (QED) is 0.803. The molecule has 1 unspecified atom stereocenters. The first-order valence-corrected chi connectivity index (χ1v) is 9.20. The van der Waals surface area contributed by atoms with Gasteiger partial charge >= 0.3 is 0 Å². The molecule has 26 heavy (non-hydrogen) atoms. The highest BCUT2D eigenvalue weighted by Gasteiger charge is 2.44. The molecule has 2 fully saturated rings. The molecule has 2 aliphatic rings. The molecule has 0 bridgehead atoms. The van der Waals surface area contributed by atoms with Crippen LogP contribution in [0.25, 0.3) is 0 Å². The largest absolute Gasteiger partial charge is 0.345 e. The highest BCUT2D eigenvalue weighted by atomic mass is 16.7. The average molecular weight is 361 g/mol. The van der Waals surface area contributed by atoms with Gasteiger partial charge in [0.15, 0.2) is 0 Å². The summed E-state index contributed by atoms with van der Waals surface area (Å²) in [6.07, 6.45) is 4.22. The van der Waals surface area contributed by atoms with Gasteiger partial charge in [-0.15, -0.1) is 0 Å². The molecule has 1 aromatic rings. The number of carbonyl (C=O) groups is 2. The van der Waals surface area contributed by atoms with Crippen LogP contribution in [0.5, 0.6) is 0 Å². The van der Waals surface area contributed by atoms with Crippen LogP contribution in [-0.4, -0.2) is 71.8 Å². The first kappa shape index (κ1) is 18.8. The topological polar surface area (TPSA) is 72.0 Å². The van der Waals surface area contributed by atoms with Crippen molar-refractivity contribution in [2.75, 3.05) is 39.4 Å². The molecule has 7 nitrogen and oxygen atoms in total. The maximum atomic E-state index is 12.7. The Balaban J connectivity index is 1.63. The summed E-state index contributed by atoms with van der Waals surface area (Å²) in [6.45, 7) is 6.71. The fourth-order valence-electron chi connectivity index (χ4n) is 3.39. The second-order valence-corrected chi connectivity index (χ2v) is 7.37. The Labute approximate surface area is 154 Å². The maximum Gasteiger partial charge on any atom is 0.227 e. The third-order valence-corrected chi connectivity index (χ3v) is 4.68. The zero-order valence-electron chi connectivity index (χ0n) is 15.5. The van der Waals surface area contributed by atoms with E-state index in [2.05, 4.69) is 4.98 Å². The molecule has 2 amide bonds. The molecule has 0 aromatic carbocycles. The number of ether oxygens (including phenoxy) is 2. The van der Waals surface area contributed by atoms with Gasteiger partial charge in [0.05, 0.1) is 32.7 Å². The van der Waals surface area contributed by atoms with Crippen molar-refractivity contribution in [2.24, 2.45) is 5.92 Å². The Hall–Kier alpha value is -1.99. The van der Waals surface area contributed by atoms with Crippen LogP contribution >= 0.6 is 0 Å². The fourth-order valence-corrected chi connectivity index (χ4v) is 3.39. The summed E-state index contributed by atoms with van der Waals surface area (Å²) in [6, 6.07) is 3.72. The van der Waals surface area contributed by atoms with Gasteiger partial charge in [0.1, 0.15) is 0 Å². The summed E-state index contributed by atoms with van der Waals surface area (Å²) < 4.78 is 11.8. The minimum atomic E-state index is -0.909. The standard InChI is InChI=1S/C19H27N3O4/c1-15(2)10-17(23)21-6-8-25-19(13-21)14-22(7-9-26-19)18(24)11-16-4-3-5-20-12-16/h3-5,12,15H,6-11,13-14H2,1-2H3. The van der Waals surface area contributed by atoms with Crippen LogP contribution in [-0.2, 0) is 25.5 Å². The zero-order chi connectivity index (χ0) is 18.6. The monoisotopic (exact) mass is 361 g/mol. The number of nitrogens with zero attached hydrogens (tertiary/aromatic N) is 3. The highest BCUT2D eigenvalue weighted by molar-refractivity contribution is 5.79. The van der Waals surface area contributed by atoms with Crippen LogP contribution in [0.3, 0.4) is 0 Å². The molecule has 2 saturated heterocycles. The number of aromatic nitrogens is 1. The molecular formula is C19H27N3O4. The highest BCUT2D eigenvalue weighted by Crippen LogP contribution is 2.26. The van der Waals surface area contributed by atoms with Crippen LogP contribution < -0.4 is 0 Å². The van der Waals surface area contributed by atoms with E-state index >= 15 is 0 Å². The molecule has 2 aliphatic heterocycles. The molecule has 1 atom stereocenters. The molecule has 1 aromatic heterocycles. The number of pyridine rings is 1. The summed E-state index contributed by atoms with van der Waals surface area (Å²) >= 11 is 0. The minimum Gasteiger partial charge on any atom is -0.345 e. The van der Waals surface area contributed by atoms with Crippen molar-refractivity contribution < 1.29 is 19.1 Å². The summed E-state index contributed by atoms with van der Waals surface area (Å²) in [5.74, 6) is -0.459. The van der Waals surface area contributed by atoms with Crippen LogP contribution in [0, 0.1) is 5.92 Å². The third-order valence-electron chi connectivity index (χ3n) is 4.68. The van der Waals surface area contributed by atoms with Gasteiger partial charge in [-0.3, -0.25) is 14.6 Å². The lowest BCUT2D eigenvalue weighted by Crippen LogP contribution is -2.63. The van der Waals surface area contributed by atoms with Crippen molar-refractivity contribution in [1.82, 2.24) is 14.8 Å². The van der Waals surface area contributed by atoms with Crippen molar-refractivity contribution in [1.29, 1.82) is 0 Å². The number of morpholine rings is 2. The van der Waals surface area contributed by atoms with E-state index in [1.54, 1.807) is 22.2 Å². The van der Waals surface area contributed by atoms with Gasteiger partial charge < -0.3 is 19.3 Å². The van der Waals surface area contributed by atoms with Gasteiger partial charge in [-0.1, -0.05) is 19.9 Å². The normalized spacial score (nSPS) is 23.5. The number of amides is 2. The second-order valence-electron chi connectivity index (χ2n) is 7.37. The number of hydrogen-bond acceptors (Lipinski definition) is 5. The van der Waals surface area contributed by atoms with Crippen molar-refractivity contribution in [3.63, 3.8) is 0 Å². The smallest absolute Gasteiger partial charge is 0.227 e. The van der Waals surface area contributed by atoms with Gasteiger partial charge in [0.25, 0.3) is 0 Å². The molecule has 0 aliphatic carbocycles. The molecular weight excluding hydrogens is 334 g/mol. The lowest BCUT2D eigenvalue weighted by atomic mass is 10.1. The van der Waals surface area contributed by atoms with Crippen LogP contribution in [0.2, 0.25) is 0 Å². The Morgan fingerprint density at radius 2 is 1.81 bits per heavy atom. The Morgan fingerprint density at radius 1 is 1.15 bits per heavy atom. The lowest BCUT2D eigenvalue weighted by molar-refractivity contribution is -0.287. The van der Waals surface area contributed by atoms with Crippen molar-refractivity contribution >= 4 is 11.8 Å². The van der Waals surface area contributed by atoms with Gasteiger partial charge in [0.2, 0.25) is 17.6 Å². The summed E-state index contributed by atoms with van der Waals surface area (Å²) in [4.78, 5) is 32.7. The second kappa shape index (κ2) is 8.14. The maximum absolute atomic E-state index is 12.7. The molecule has 3 heterocycles. The average Bonchev–Trinajstić information content (AvgIpc) is 2.62. The number of carbonyl (C=O) groups excluding carboxylic acids is 2. The fraction of sp³-hybridized carbons (Fsp3) is 0.632. The van der Waals surface area contributed by atoms with Crippen LogP contribution in [0.4, 0.5) is 0 Å². The van der Waals surface area contributed by atoms with E-state index in [-0.39, 0.29) is 11.8 Å². The Kier molecular flexibility index (Phi) is 5.88. The van der Waals surface area contributed by atoms with Gasteiger partial charge in [-0.05, 0) is 17.5 Å². The molecule has 0 radical (unpaired) electrons. The predicted molar refractivity (Wildman–Crippen MR) is 95.2 cm³/mol. The summed E-state index contributed by atoms with van der Waals surface area (Å²) in [7, 11) is 0. The Bertz CT molecular complexity index is 633. The van der Waals surface area contributed by atoms with Crippen molar-refractivity contribution in [2.45, 2.75) is 32.5 Å². The van der Waals surface area contributed by atoms with Crippen LogP contribution in [0.1, 0.15) is 25.8 Å². The Morgan fingerprint density at radius 3 is 2.38 bits per heavy atom. The molecule has 3 rings (SSSR count). The molecule has 7 heteroatoms. The lowest BCUT2D eigenvalue weighted by Gasteiger charge is -2.47. The minimum absolute atomic E-state index is 0.0231. The van der Waals surface area contributed by atoms with E-state index in [0.29, 0.717) is 58.2 Å². The van der Waals surface area contributed by atoms with E-state index in [1.807, 2.05) is 26.0 Å². The van der Waals surface area contributed by atoms with Crippen molar-refractivity contribution in [3.8, 4) is 0 Å². The SMILES string of the molecule is CC(C)CC(=O)N1CCOC2(CN(C(=O)Cc3cccnc3)CCO2)C1. The van der Waals surface area contributed by atoms with E-state index in [4.69, 9.17) is 9.47 Å². The first-order valence-electron chi connectivity index (χ1n) is 9.20. The third kappa shape index (κ3) is 4.59. The predicted octanol–water partition coefficient (Wildman–Crippen LogP) is 1.08. The van der Waals surface area contributed by atoms with Crippen LogP contribution in [0.15, 0.2) is 24.5 Å². The van der Waals surface area contributed by atoms with Gasteiger partial charge in [0, 0.05) is 31.9 Å². The molecule has 0 saturated carbocycles.